The lowest BCUT2D eigenvalue weighted by atomic mass is 9.98. The summed E-state index contributed by atoms with van der Waals surface area (Å²) in [7, 11) is 8.30. The van der Waals surface area contributed by atoms with Gasteiger partial charge in [0.15, 0.2) is 17.3 Å². The van der Waals surface area contributed by atoms with Crippen LogP contribution in [0.5, 0.6) is 34.5 Å². The first-order valence-corrected chi connectivity index (χ1v) is 15.5. The number of unbranched alkanes of at least 4 members (excludes halogenated alkanes) is 4. The topological polar surface area (TPSA) is 105 Å². The van der Waals surface area contributed by atoms with E-state index in [-0.39, 0.29) is 12.4 Å². The molecule has 0 aliphatic carbocycles. The Kier molecular flexibility index (Phi) is 12.7. The van der Waals surface area contributed by atoms with Gasteiger partial charge in [-0.25, -0.2) is 4.79 Å². The van der Waals surface area contributed by atoms with E-state index in [1.165, 1.54) is 7.05 Å². The summed E-state index contributed by atoms with van der Waals surface area (Å²) >= 11 is 0. The average molecular weight is 633 g/mol. The van der Waals surface area contributed by atoms with Crippen molar-refractivity contribution in [3.8, 4) is 34.5 Å². The second-order valence-corrected chi connectivity index (χ2v) is 11.0. The van der Waals surface area contributed by atoms with Gasteiger partial charge in [-0.1, -0.05) is 31.4 Å². The van der Waals surface area contributed by atoms with Crippen LogP contribution in [-0.2, 0) is 6.54 Å². The molecule has 10 nitrogen and oxygen atoms in total. The maximum atomic E-state index is 13.2. The Labute approximate surface area is 271 Å². The first-order chi connectivity index (χ1) is 22.3. The first-order valence-electron chi connectivity index (χ1n) is 15.5. The molecule has 0 unspecified atom stereocenters. The number of carbonyl (C=O) groups excluding carboxylic acids is 2. The monoisotopic (exact) mass is 632 g/mol. The van der Waals surface area contributed by atoms with Crippen LogP contribution in [0.3, 0.4) is 0 Å². The number of benzene rings is 3. The zero-order valence-electron chi connectivity index (χ0n) is 27.4. The van der Waals surface area contributed by atoms with Gasteiger partial charge in [-0.2, -0.15) is 0 Å². The molecule has 46 heavy (non-hydrogen) atoms. The van der Waals surface area contributed by atoms with E-state index in [2.05, 4.69) is 17.3 Å². The first kappa shape index (κ1) is 34.2. The molecular weight excluding hydrogens is 588 g/mol. The summed E-state index contributed by atoms with van der Waals surface area (Å²) in [5, 5.41) is 2.46. The molecule has 0 radical (unpaired) electrons. The van der Waals surface area contributed by atoms with Crippen molar-refractivity contribution in [3.63, 3.8) is 0 Å². The number of nitrogens with zero attached hydrogens (tertiary/aromatic N) is 1. The van der Waals surface area contributed by atoms with Gasteiger partial charge in [-0.15, -0.1) is 0 Å². The van der Waals surface area contributed by atoms with Crippen LogP contribution in [0.25, 0.3) is 6.08 Å². The number of nitrogens with one attached hydrogen (secondary N) is 1. The maximum absolute atomic E-state index is 13.2. The van der Waals surface area contributed by atoms with Crippen LogP contribution in [0.2, 0.25) is 0 Å². The third kappa shape index (κ3) is 9.40. The number of ketones is 1. The van der Waals surface area contributed by atoms with E-state index in [4.69, 9.17) is 28.4 Å². The largest absolute Gasteiger partial charge is 0.493 e. The van der Waals surface area contributed by atoms with Crippen molar-refractivity contribution in [2.24, 2.45) is 0 Å². The number of ether oxygens (including phenoxy) is 6. The molecule has 10 heteroatoms. The number of fused-ring (bicyclic) bond motifs is 1. The summed E-state index contributed by atoms with van der Waals surface area (Å²) in [4.78, 5) is 27.0. The van der Waals surface area contributed by atoms with Gasteiger partial charge in [0.1, 0.15) is 23.9 Å². The Morgan fingerprint density at radius 2 is 1.65 bits per heavy atom. The highest BCUT2D eigenvalue weighted by Crippen LogP contribution is 2.39. The standard InChI is InChI=1S/C36H44N2O8/c1-37-36(40)46-29-13-11-12-25(19-29)23-38(2)16-9-7-6-8-10-17-44-28-14-15-30-31(22-28)45-24-27(34(30)39)18-26-20-32(41-3)35(43-5)33(21-26)42-4/h11-15,18-22H,6-10,16-17,23-24H2,1-5H3,(H,37,40)/b27-18+. The van der Waals surface area contributed by atoms with Crippen LogP contribution in [0.1, 0.15) is 53.6 Å². The van der Waals surface area contributed by atoms with E-state index in [9.17, 15) is 9.59 Å². The molecule has 0 fully saturated rings. The average Bonchev–Trinajstić information content (AvgIpc) is 3.06. The molecule has 0 spiro atoms. The van der Waals surface area contributed by atoms with E-state index in [0.29, 0.717) is 52.2 Å². The molecule has 3 aromatic rings. The Balaban J connectivity index is 1.17. The molecule has 0 aromatic heterocycles. The normalized spacial score (nSPS) is 13.2. The molecule has 1 aliphatic rings. The highest BCUT2D eigenvalue weighted by Gasteiger charge is 2.24. The molecule has 4 rings (SSSR count). The summed E-state index contributed by atoms with van der Waals surface area (Å²) in [5.41, 5.74) is 2.88. The molecule has 0 atom stereocenters. The number of hydrogen-bond donors (Lipinski definition) is 1. The van der Waals surface area contributed by atoms with Crippen molar-refractivity contribution in [2.75, 3.05) is 55.2 Å². The van der Waals surface area contributed by atoms with Crippen LogP contribution in [-0.4, -0.2) is 72.0 Å². The molecule has 1 heterocycles. The summed E-state index contributed by atoms with van der Waals surface area (Å²) in [5.74, 6) is 3.19. The zero-order valence-corrected chi connectivity index (χ0v) is 27.4. The van der Waals surface area contributed by atoms with Gasteiger partial charge in [0.2, 0.25) is 5.75 Å². The fourth-order valence-electron chi connectivity index (χ4n) is 5.25. The maximum Gasteiger partial charge on any atom is 0.412 e. The van der Waals surface area contributed by atoms with Crippen molar-refractivity contribution in [3.05, 3.63) is 76.9 Å². The molecule has 3 aromatic carbocycles. The second-order valence-electron chi connectivity index (χ2n) is 11.0. The molecule has 0 saturated carbocycles. The van der Waals surface area contributed by atoms with Crippen LogP contribution < -0.4 is 33.7 Å². The number of hydrogen-bond acceptors (Lipinski definition) is 9. The molecule has 0 bridgehead atoms. The van der Waals surface area contributed by atoms with Gasteiger partial charge in [-0.05, 0) is 80.0 Å². The SMILES string of the molecule is CNC(=O)Oc1cccc(CN(C)CCCCCCCOc2ccc3c(c2)OC/C(=C\c2cc(OC)c(OC)c(OC)c2)C3=O)c1. The van der Waals surface area contributed by atoms with E-state index >= 15 is 0 Å². The lowest BCUT2D eigenvalue weighted by molar-refractivity contribution is 0.100. The summed E-state index contributed by atoms with van der Waals surface area (Å²) in [6, 6.07) is 16.6. The van der Waals surface area contributed by atoms with Gasteiger partial charge >= 0.3 is 6.09 Å². The Hall–Kier alpha value is -4.70. The van der Waals surface area contributed by atoms with Gasteiger partial charge < -0.3 is 38.6 Å². The third-order valence-corrected chi connectivity index (χ3v) is 7.62. The van der Waals surface area contributed by atoms with Crippen molar-refractivity contribution in [2.45, 2.75) is 38.6 Å². The van der Waals surface area contributed by atoms with E-state index in [1.54, 1.807) is 57.7 Å². The highest BCUT2D eigenvalue weighted by atomic mass is 16.6. The zero-order chi connectivity index (χ0) is 32.9. The molecule has 1 amide bonds. The van der Waals surface area contributed by atoms with E-state index in [1.807, 2.05) is 24.3 Å². The number of amides is 1. The van der Waals surface area contributed by atoms with E-state index < -0.39 is 6.09 Å². The van der Waals surface area contributed by atoms with Crippen LogP contribution in [0.4, 0.5) is 4.79 Å². The lowest BCUT2D eigenvalue weighted by Crippen LogP contribution is -2.22. The molecule has 246 valence electrons. The van der Waals surface area contributed by atoms with Gasteiger partial charge in [0, 0.05) is 25.2 Å². The second kappa shape index (κ2) is 17.1. The molecular formula is C36H44N2O8. The number of Topliss-reactive ketones (excluding diaryl/α,β-unsaturated/α-hetero) is 1. The third-order valence-electron chi connectivity index (χ3n) is 7.62. The van der Waals surface area contributed by atoms with Gasteiger partial charge in [-0.3, -0.25) is 4.79 Å². The van der Waals surface area contributed by atoms with Gasteiger partial charge in [0.25, 0.3) is 0 Å². The Morgan fingerprint density at radius 1 is 0.913 bits per heavy atom. The summed E-state index contributed by atoms with van der Waals surface area (Å²) < 4.78 is 33.4. The minimum Gasteiger partial charge on any atom is -0.493 e. The van der Waals surface area contributed by atoms with Crippen LogP contribution in [0.15, 0.2) is 60.2 Å². The predicted molar refractivity (Wildman–Crippen MR) is 177 cm³/mol. The van der Waals surface area contributed by atoms with Crippen molar-refractivity contribution >= 4 is 18.0 Å². The van der Waals surface area contributed by atoms with Crippen molar-refractivity contribution in [1.29, 1.82) is 0 Å². The smallest absolute Gasteiger partial charge is 0.412 e. The molecule has 1 N–H and O–H groups in total. The Morgan fingerprint density at radius 3 is 2.37 bits per heavy atom. The lowest BCUT2D eigenvalue weighted by Gasteiger charge is -2.20. The Bertz CT molecular complexity index is 1490. The fraction of sp³-hybridized carbons (Fsp3) is 0.389. The number of rotatable bonds is 16. The van der Waals surface area contributed by atoms with Crippen LogP contribution >= 0.6 is 0 Å². The predicted octanol–water partition coefficient (Wildman–Crippen LogP) is 6.55. The molecule has 1 aliphatic heterocycles. The quantitative estimate of drug-likeness (QED) is 0.139. The van der Waals surface area contributed by atoms with Crippen molar-refractivity contribution < 1.29 is 38.0 Å². The number of methoxy groups -OCH3 is 3. The highest BCUT2D eigenvalue weighted by molar-refractivity contribution is 6.14. The fourth-order valence-corrected chi connectivity index (χ4v) is 5.25. The number of carbonyl (C=O) groups is 2. The van der Waals surface area contributed by atoms with E-state index in [0.717, 1.165) is 56.3 Å². The van der Waals surface area contributed by atoms with Crippen LogP contribution in [0, 0.1) is 0 Å². The van der Waals surface area contributed by atoms with Gasteiger partial charge in [0.05, 0.1) is 33.5 Å². The van der Waals surface area contributed by atoms with Crippen molar-refractivity contribution in [1.82, 2.24) is 10.2 Å². The minimum atomic E-state index is -0.471. The summed E-state index contributed by atoms with van der Waals surface area (Å²) in [6.45, 7) is 2.54. The molecule has 0 saturated heterocycles. The summed E-state index contributed by atoms with van der Waals surface area (Å²) in [6.07, 6.45) is 6.73. The minimum absolute atomic E-state index is 0.0873.